The van der Waals surface area contributed by atoms with Gasteiger partial charge in [-0.25, -0.2) is 4.68 Å². The highest BCUT2D eigenvalue weighted by Crippen LogP contribution is 2.24. The Labute approximate surface area is 150 Å². The third kappa shape index (κ3) is 3.25. The molecule has 26 heavy (non-hydrogen) atoms. The molecule has 0 saturated carbocycles. The molecule has 0 aliphatic carbocycles. The molecule has 1 aliphatic rings. The molecule has 0 radical (unpaired) electrons. The van der Waals surface area contributed by atoms with Crippen LogP contribution in [-0.2, 0) is 13.6 Å². The summed E-state index contributed by atoms with van der Waals surface area (Å²) in [6, 6.07) is 3.28. The smallest absolute Gasteiger partial charge is 0.287 e. The maximum atomic E-state index is 12.4. The summed E-state index contributed by atoms with van der Waals surface area (Å²) in [7, 11) is 1.92. The lowest BCUT2D eigenvalue weighted by molar-refractivity contribution is 0.0901. The summed E-state index contributed by atoms with van der Waals surface area (Å²) in [6.45, 7) is 4.26. The van der Waals surface area contributed by atoms with E-state index in [0.29, 0.717) is 12.3 Å². The molecule has 9 nitrogen and oxygen atoms in total. The molecule has 2 atom stereocenters. The van der Waals surface area contributed by atoms with E-state index >= 15 is 0 Å². The summed E-state index contributed by atoms with van der Waals surface area (Å²) < 4.78 is 8.83. The second kappa shape index (κ2) is 6.75. The molecular weight excluding hydrogens is 334 g/mol. The zero-order valence-corrected chi connectivity index (χ0v) is 14.7. The lowest BCUT2D eigenvalue weighted by atomic mass is 10.1. The summed E-state index contributed by atoms with van der Waals surface area (Å²) in [5, 5.41) is 15.5. The minimum absolute atomic E-state index is 0.00777. The Morgan fingerprint density at radius 2 is 2.31 bits per heavy atom. The number of nitrogens with one attached hydrogen (secondary N) is 1. The van der Waals surface area contributed by atoms with Gasteiger partial charge in [0, 0.05) is 44.6 Å². The number of hydrogen-bond donors (Lipinski definition) is 1. The normalized spacial score (nSPS) is 20.5. The highest BCUT2D eigenvalue weighted by atomic mass is 16.3. The topological polar surface area (TPSA) is 94.0 Å². The molecule has 4 heterocycles. The van der Waals surface area contributed by atoms with Crippen LogP contribution in [0.25, 0.3) is 0 Å². The molecule has 0 unspecified atom stereocenters. The summed E-state index contributed by atoms with van der Waals surface area (Å²) >= 11 is 0. The summed E-state index contributed by atoms with van der Waals surface area (Å²) in [5.74, 6) is 0.0911. The molecule has 1 N–H and O–H groups in total. The van der Waals surface area contributed by atoms with Crippen molar-refractivity contribution in [2.75, 3.05) is 13.1 Å². The minimum atomic E-state index is -0.218. The van der Waals surface area contributed by atoms with E-state index < -0.39 is 0 Å². The highest BCUT2D eigenvalue weighted by molar-refractivity contribution is 5.91. The fourth-order valence-electron chi connectivity index (χ4n) is 3.49. The number of nitrogens with zero attached hydrogens (tertiary/aromatic N) is 6. The molecule has 136 valence electrons. The average Bonchev–Trinajstić information content (AvgIpc) is 3.37. The number of rotatable bonds is 5. The lowest BCUT2D eigenvalue weighted by Gasteiger charge is -2.19. The van der Waals surface area contributed by atoms with Crippen molar-refractivity contribution in [1.82, 2.24) is 35.0 Å². The van der Waals surface area contributed by atoms with E-state index in [0.717, 1.165) is 18.8 Å². The molecule has 0 aromatic carbocycles. The first-order chi connectivity index (χ1) is 12.6. The van der Waals surface area contributed by atoms with E-state index in [2.05, 4.69) is 25.6 Å². The Bertz CT molecular complexity index is 869. The number of amides is 1. The Morgan fingerprint density at radius 1 is 1.42 bits per heavy atom. The Balaban J connectivity index is 1.51. The molecule has 3 aromatic heterocycles. The van der Waals surface area contributed by atoms with Gasteiger partial charge >= 0.3 is 0 Å². The van der Waals surface area contributed by atoms with Gasteiger partial charge < -0.3 is 9.73 Å². The largest absolute Gasteiger partial charge is 0.459 e. The van der Waals surface area contributed by atoms with Crippen LogP contribution in [0.4, 0.5) is 0 Å². The molecule has 0 bridgehead atoms. The second-order valence-corrected chi connectivity index (χ2v) is 6.62. The van der Waals surface area contributed by atoms with Crippen molar-refractivity contribution < 1.29 is 9.21 Å². The van der Waals surface area contributed by atoms with Crippen LogP contribution in [0, 0.1) is 6.92 Å². The van der Waals surface area contributed by atoms with Crippen molar-refractivity contribution in [3.05, 3.63) is 54.0 Å². The van der Waals surface area contributed by atoms with Gasteiger partial charge in [0.2, 0.25) is 0 Å². The van der Waals surface area contributed by atoms with Gasteiger partial charge in [-0.3, -0.25) is 14.4 Å². The molecule has 1 aliphatic heterocycles. The van der Waals surface area contributed by atoms with Gasteiger partial charge in [0.15, 0.2) is 5.76 Å². The van der Waals surface area contributed by atoms with E-state index in [-0.39, 0.29) is 18.0 Å². The van der Waals surface area contributed by atoms with Crippen molar-refractivity contribution in [1.29, 1.82) is 0 Å². The zero-order valence-electron chi connectivity index (χ0n) is 14.7. The predicted octanol–water partition coefficient (Wildman–Crippen LogP) is 0.769. The molecular formula is C17H21N7O2. The molecule has 3 aromatic rings. The number of carbonyl (C=O) groups excluding carboxylic acids is 1. The van der Waals surface area contributed by atoms with Gasteiger partial charge in [-0.1, -0.05) is 5.21 Å². The van der Waals surface area contributed by atoms with E-state index in [9.17, 15) is 4.79 Å². The van der Waals surface area contributed by atoms with Crippen molar-refractivity contribution in [3.8, 4) is 0 Å². The van der Waals surface area contributed by atoms with Crippen molar-refractivity contribution in [2.45, 2.75) is 25.6 Å². The highest BCUT2D eigenvalue weighted by Gasteiger charge is 2.36. The average molecular weight is 355 g/mol. The number of carbonyl (C=O) groups is 1. The van der Waals surface area contributed by atoms with Crippen LogP contribution in [0.5, 0.6) is 0 Å². The van der Waals surface area contributed by atoms with E-state index in [1.165, 1.54) is 11.8 Å². The molecule has 1 fully saturated rings. The van der Waals surface area contributed by atoms with Crippen LogP contribution in [0.2, 0.25) is 0 Å². The number of furan rings is 1. The molecule has 1 saturated heterocycles. The first kappa shape index (κ1) is 16.5. The maximum Gasteiger partial charge on any atom is 0.287 e. The first-order valence-electron chi connectivity index (χ1n) is 8.52. The number of likely N-dealkylation sites (tertiary alicyclic amines) is 1. The fraction of sp³-hybridized carbons (Fsp3) is 0.412. The van der Waals surface area contributed by atoms with Crippen LogP contribution in [-0.4, -0.2) is 54.7 Å². The summed E-state index contributed by atoms with van der Waals surface area (Å²) in [4.78, 5) is 14.7. The van der Waals surface area contributed by atoms with Crippen molar-refractivity contribution in [2.24, 2.45) is 7.05 Å². The summed E-state index contributed by atoms with van der Waals surface area (Å²) in [6.07, 6.45) is 7.01. The first-order valence-corrected chi connectivity index (χ1v) is 8.52. The molecule has 4 rings (SSSR count). The molecule has 1 amide bonds. The van der Waals surface area contributed by atoms with Gasteiger partial charge in [-0.15, -0.1) is 5.10 Å². The molecule has 9 heteroatoms. The minimum Gasteiger partial charge on any atom is -0.459 e. The Hall–Kier alpha value is -2.94. The van der Waals surface area contributed by atoms with E-state index in [4.69, 9.17) is 4.42 Å². The number of aromatic nitrogens is 5. The third-order valence-corrected chi connectivity index (χ3v) is 4.72. The number of hydrogen-bond acceptors (Lipinski definition) is 6. The van der Waals surface area contributed by atoms with Gasteiger partial charge in [-0.05, 0) is 19.1 Å². The third-order valence-electron chi connectivity index (χ3n) is 4.72. The second-order valence-electron chi connectivity index (χ2n) is 6.62. The van der Waals surface area contributed by atoms with Crippen LogP contribution in [0.3, 0.4) is 0 Å². The van der Waals surface area contributed by atoms with E-state index in [1.54, 1.807) is 18.3 Å². The van der Waals surface area contributed by atoms with Crippen molar-refractivity contribution >= 4 is 5.91 Å². The lowest BCUT2D eigenvalue weighted by Crippen LogP contribution is -2.41. The van der Waals surface area contributed by atoms with Gasteiger partial charge in [0.25, 0.3) is 5.91 Å². The van der Waals surface area contributed by atoms with Crippen LogP contribution >= 0.6 is 0 Å². The Morgan fingerprint density at radius 3 is 2.96 bits per heavy atom. The Kier molecular flexibility index (Phi) is 4.29. The van der Waals surface area contributed by atoms with Gasteiger partial charge in [-0.2, -0.15) is 5.10 Å². The number of aryl methyl sites for hydroxylation is 2. The zero-order chi connectivity index (χ0) is 18.1. The van der Waals surface area contributed by atoms with Gasteiger partial charge in [0.05, 0.1) is 30.2 Å². The van der Waals surface area contributed by atoms with Crippen LogP contribution in [0.1, 0.15) is 27.9 Å². The quantitative estimate of drug-likeness (QED) is 0.726. The van der Waals surface area contributed by atoms with Crippen molar-refractivity contribution in [3.63, 3.8) is 0 Å². The molecule has 0 spiro atoms. The van der Waals surface area contributed by atoms with Crippen LogP contribution in [0.15, 0.2) is 41.4 Å². The predicted molar refractivity (Wildman–Crippen MR) is 92.2 cm³/mol. The van der Waals surface area contributed by atoms with Crippen LogP contribution < -0.4 is 5.32 Å². The van der Waals surface area contributed by atoms with Gasteiger partial charge in [0.1, 0.15) is 0 Å². The van der Waals surface area contributed by atoms with E-state index in [1.807, 2.05) is 35.7 Å². The fourth-order valence-corrected chi connectivity index (χ4v) is 3.49. The maximum absolute atomic E-state index is 12.4. The monoisotopic (exact) mass is 355 g/mol. The SMILES string of the molecule is Cc1nn(C)cc1CN1C[C@@H](NC(=O)c2ccco2)[C@@H](n2ccnn2)C1. The summed E-state index contributed by atoms with van der Waals surface area (Å²) in [5.41, 5.74) is 2.20. The standard InChI is InChI=1S/C17H21N7O2/c1-12-13(8-22(2)20-12)9-23-10-14(15(11-23)24-6-5-18-21-24)19-17(25)16-4-3-7-26-16/h3-8,14-15H,9-11H2,1-2H3,(H,19,25)/t14-,15+/m1/s1.